The maximum absolute atomic E-state index is 13.8. The first kappa shape index (κ1) is 28.6. The molecule has 12 heteroatoms. The average molecular weight is 572 g/mol. The van der Waals surface area contributed by atoms with Crippen molar-refractivity contribution in [2.45, 2.75) is 23.2 Å². The van der Waals surface area contributed by atoms with Crippen molar-refractivity contribution in [1.29, 1.82) is 0 Å². The van der Waals surface area contributed by atoms with Gasteiger partial charge in [-0.25, -0.2) is 4.79 Å². The molecule has 0 saturated heterocycles. The standard InChI is InChI=1S/C25H25Cl3N2O7/c1-15(31)37-22-11-20(29-24(33)36-14-25(26,27)28)19(10-21(22)35-3)23(32)30-12-17(9-18(30)13-34-2)16-7-5-4-6-8-16/h4-8,10-12,18H,9,13-14H2,1-3H3,(H,29,33)/t18-/m0/s1. The van der Waals surface area contributed by atoms with Crippen molar-refractivity contribution < 1.29 is 33.3 Å². The van der Waals surface area contributed by atoms with E-state index in [2.05, 4.69) is 5.32 Å². The van der Waals surface area contributed by atoms with E-state index < -0.39 is 28.4 Å². The number of amides is 2. The van der Waals surface area contributed by atoms with Crippen LogP contribution in [0.4, 0.5) is 10.5 Å². The molecule has 3 rings (SSSR count). The number of halogens is 3. The maximum atomic E-state index is 13.8. The number of ether oxygens (including phenoxy) is 4. The highest BCUT2D eigenvalue weighted by atomic mass is 35.6. The normalized spacial score (nSPS) is 15.1. The molecule has 0 spiro atoms. The van der Waals surface area contributed by atoms with Crippen LogP contribution in [0.25, 0.3) is 5.57 Å². The minimum atomic E-state index is -1.83. The van der Waals surface area contributed by atoms with E-state index in [-0.39, 0.29) is 35.4 Å². The third-order valence-electron chi connectivity index (χ3n) is 5.27. The number of nitrogens with zero attached hydrogens (tertiary/aromatic N) is 1. The fraction of sp³-hybridized carbons (Fsp3) is 0.320. The zero-order valence-corrected chi connectivity index (χ0v) is 22.5. The van der Waals surface area contributed by atoms with Crippen LogP contribution in [0.2, 0.25) is 0 Å². The smallest absolute Gasteiger partial charge is 0.411 e. The first-order valence-electron chi connectivity index (χ1n) is 11.0. The highest BCUT2D eigenvalue weighted by molar-refractivity contribution is 6.67. The molecule has 37 heavy (non-hydrogen) atoms. The zero-order chi connectivity index (χ0) is 27.2. The number of rotatable bonds is 8. The molecule has 2 amide bonds. The number of hydrogen-bond donors (Lipinski definition) is 1. The van der Waals surface area contributed by atoms with E-state index in [1.165, 1.54) is 31.1 Å². The van der Waals surface area contributed by atoms with E-state index in [4.69, 9.17) is 53.8 Å². The molecular formula is C25H25Cl3N2O7. The Kier molecular flexibility index (Phi) is 9.67. The van der Waals surface area contributed by atoms with Crippen molar-refractivity contribution in [2.24, 2.45) is 0 Å². The molecule has 198 valence electrons. The van der Waals surface area contributed by atoms with Gasteiger partial charge in [0.05, 0.1) is 31.0 Å². The summed E-state index contributed by atoms with van der Waals surface area (Å²) >= 11 is 17.0. The Morgan fingerprint density at radius 2 is 1.78 bits per heavy atom. The largest absolute Gasteiger partial charge is 0.493 e. The monoisotopic (exact) mass is 570 g/mol. The predicted octanol–water partition coefficient (Wildman–Crippen LogP) is 5.44. The summed E-state index contributed by atoms with van der Waals surface area (Å²) in [6, 6.07) is 12.0. The highest BCUT2D eigenvalue weighted by Gasteiger charge is 2.33. The lowest BCUT2D eigenvalue weighted by molar-refractivity contribution is -0.132. The van der Waals surface area contributed by atoms with Gasteiger partial charge in [-0.3, -0.25) is 14.9 Å². The van der Waals surface area contributed by atoms with Crippen LogP contribution in [0.1, 0.15) is 29.3 Å². The van der Waals surface area contributed by atoms with Crippen molar-refractivity contribution in [1.82, 2.24) is 4.90 Å². The molecule has 2 aromatic carbocycles. The summed E-state index contributed by atoms with van der Waals surface area (Å²) in [4.78, 5) is 39.4. The van der Waals surface area contributed by atoms with E-state index in [0.29, 0.717) is 6.42 Å². The van der Waals surface area contributed by atoms with Crippen molar-refractivity contribution in [3.63, 3.8) is 0 Å². The molecule has 1 atom stereocenters. The van der Waals surface area contributed by atoms with E-state index in [1.807, 2.05) is 30.3 Å². The fourth-order valence-corrected chi connectivity index (χ4v) is 3.91. The summed E-state index contributed by atoms with van der Waals surface area (Å²) in [6.45, 7) is 0.941. The molecule has 1 aliphatic heterocycles. The van der Waals surface area contributed by atoms with Gasteiger partial charge in [0.1, 0.15) is 6.61 Å². The van der Waals surface area contributed by atoms with Gasteiger partial charge in [0.2, 0.25) is 3.79 Å². The van der Waals surface area contributed by atoms with E-state index in [9.17, 15) is 14.4 Å². The van der Waals surface area contributed by atoms with Gasteiger partial charge in [-0.2, -0.15) is 0 Å². The predicted molar refractivity (Wildman–Crippen MR) is 140 cm³/mol. The number of esters is 1. The van der Waals surface area contributed by atoms with E-state index in [0.717, 1.165) is 11.1 Å². The first-order valence-corrected chi connectivity index (χ1v) is 12.1. The number of hydrogen-bond acceptors (Lipinski definition) is 7. The second-order valence-corrected chi connectivity index (χ2v) is 10.5. The average Bonchev–Trinajstić information content (AvgIpc) is 3.26. The van der Waals surface area contributed by atoms with Crippen molar-refractivity contribution in [3.05, 3.63) is 59.8 Å². The molecule has 0 bridgehead atoms. The number of carbonyl (C=O) groups is 3. The summed E-state index contributed by atoms with van der Waals surface area (Å²) in [6.07, 6.45) is 1.31. The molecule has 9 nitrogen and oxygen atoms in total. The molecule has 1 aliphatic rings. The SMILES string of the molecule is COC[C@@H]1CC(c2ccccc2)=CN1C(=O)c1cc(OC)c(OC(C)=O)cc1NC(=O)OCC(Cl)(Cl)Cl. The van der Waals surface area contributed by atoms with Crippen LogP contribution in [-0.4, -0.2) is 60.1 Å². The van der Waals surface area contributed by atoms with Gasteiger partial charge in [-0.1, -0.05) is 65.1 Å². The van der Waals surface area contributed by atoms with Crippen LogP contribution in [0.15, 0.2) is 48.7 Å². The van der Waals surface area contributed by atoms with Gasteiger partial charge >= 0.3 is 12.1 Å². The van der Waals surface area contributed by atoms with Crippen molar-refractivity contribution in [3.8, 4) is 11.5 Å². The maximum Gasteiger partial charge on any atom is 0.411 e. The second-order valence-electron chi connectivity index (χ2n) is 8.00. The van der Waals surface area contributed by atoms with E-state index in [1.54, 1.807) is 13.3 Å². The number of benzene rings is 2. The third-order valence-corrected chi connectivity index (χ3v) is 5.60. The molecule has 0 saturated carbocycles. The summed E-state index contributed by atoms with van der Waals surface area (Å²) in [5, 5.41) is 2.46. The van der Waals surface area contributed by atoms with E-state index >= 15 is 0 Å². The summed E-state index contributed by atoms with van der Waals surface area (Å²) < 4.78 is 19.0. The zero-order valence-electron chi connectivity index (χ0n) is 20.3. The Labute approximate surface area is 229 Å². The molecule has 0 aliphatic carbocycles. The number of alkyl halides is 3. The molecule has 0 aromatic heterocycles. The molecule has 1 heterocycles. The topological polar surface area (TPSA) is 103 Å². The van der Waals surface area contributed by atoms with Crippen LogP contribution in [0.5, 0.6) is 11.5 Å². The molecular weight excluding hydrogens is 547 g/mol. The third kappa shape index (κ3) is 7.75. The van der Waals surface area contributed by atoms with Crippen LogP contribution < -0.4 is 14.8 Å². The summed E-state index contributed by atoms with van der Waals surface area (Å²) in [5.74, 6) is -0.998. The quantitative estimate of drug-likeness (QED) is 0.256. The second kappa shape index (κ2) is 12.5. The molecule has 1 N–H and O–H groups in total. The van der Waals surface area contributed by atoms with Gasteiger partial charge < -0.3 is 23.8 Å². The van der Waals surface area contributed by atoms with Crippen LogP contribution in [0, 0.1) is 0 Å². The minimum Gasteiger partial charge on any atom is -0.493 e. The molecule has 0 radical (unpaired) electrons. The Hall–Kier alpha value is -2.98. The Bertz CT molecular complexity index is 1180. The number of nitrogens with one attached hydrogen (secondary N) is 1. The lowest BCUT2D eigenvalue weighted by Gasteiger charge is -2.25. The van der Waals surface area contributed by atoms with Crippen LogP contribution >= 0.6 is 34.8 Å². The number of carbonyl (C=O) groups excluding carboxylic acids is 3. The van der Waals surface area contributed by atoms with Crippen LogP contribution in [0.3, 0.4) is 0 Å². The Morgan fingerprint density at radius 1 is 1.08 bits per heavy atom. The number of methoxy groups -OCH3 is 2. The van der Waals surface area contributed by atoms with Gasteiger partial charge in [0.15, 0.2) is 11.5 Å². The van der Waals surface area contributed by atoms with Gasteiger partial charge in [0, 0.05) is 26.3 Å². The van der Waals surface area contributed by atoms with Crippen molar-refractivity contribution in [2.75, 3.05) is 32.8 Å². The van der Waals surface area contributed by atoms with Gasteiger partial charge in [0.25, 0.3) is 5.91 Å². The lowest BCUT2D eigenvalue weighted by Crippen LogP contribution is -2.36. The fourth-order valence-electron chi connectivity index (χ4n) is 3.75. The first-order chi connectivity index (χ1) is 17.5. The molecule has 0 unspecified atom stereocenters. The number of anilines is 1. The lowest BCUT2D eigenvalue weighted by atomic mass is 10.0. The summed E-state index contributed by atoms with van der Waals surface area (Å²) in [7, 11) is 2.91. The highest BCUT2D eigenvalue weighted by Crippen LogP contribution is 2.37. The molecule has 0 fully saturated rings. The van der Waals surface area contributed by atoms with Crippen molar-refractivity contribution >= 4 is 64.0 Å². The Morgan fingerprint density at radius 3 is 2.38 bits per heavy atom. The molecule has 2 aromatic rings. The summed E-state index contributed by atoms with van der Waals surface area (Å²) in [5.41, 5.74) is 1.95. The minimum absolute atomic E-state index is 0.00547. The van der Waals surface area contributed by atoms with Gasteiger partial charge in [-0.05, 0) is 23.6 Å². The van der Waals surface area contributed by atoms with Gasteiger partial charge in [-0.15, -0.1) is 0 Å². The van der Waals surface area contributed by atoms with Crippen LogP contribution in [-0.2, 0) is 14.3 Å². The Balaban J connectivity index is 2.02.